The average Bonchev–Trinajstić information content (AvgIpc) is 2.39. The summed E-state index contributed by atoms with van der Waals surface area (Å²) in [6, 6.07) is 13.1. The number of esters is 1. The van der Waals surface area contributed by atoms with Crippen LogP contribution in [-0.4, -0.2) is 16.2 Å². The number of hydrogen-bond acceptors (Lipinski definition) is 4. The zero-order chi connectivity index (χ0) is 14.8. The van der Waals surface area contributed by atoms with Gasteiger partial charge in [0.25, 0.3) is 0 Å². The Bertz CT molecular complexity index is 615. The zero-order valence-corrected chi connectivity index (χ0v) is 11.3. The molecular weight excluding hydrogens is 256 g/mol. The van der Waals surface area contributed by atoms with Crippen molar-refractivity contribution in [1.29, 1.82) is 0 Å². The minimum atomic E-state index is -1.33. The number of rotatable bonds is 3. The first-order valence-corrected chi connectivity index (χ1v) is 6.21. The molecule has 104 valence electrons. The Hall–Kier alpha value is -2.33. The smallest absolute Gasteiger partial charge is 0.308 e. The summed E-state index contributed by atoms with van der Waals surface area (Å²) < 4.78 is 4.94. The number of benzene rings is 2. The van der Waals surface area contributed by atoms with Crippen molar-refractivity contribution in [2.24, 2.45) is 0 Å². The summed E-state index contributed by atoms with van der Waals surface area (Å²) >= 11 is 0. The van der Waals surface area contributed by atoms with Crippen LogP contribution in [0.3, 0.4) is 0 Å². The quantitative estimate of drug-likeness (QED) is 0.665. The number of ether oxygens (including phenoxy) is 1. The number of para-hydroxylation sites is 1. The fourth-order valence-corrected chi connectivity index (χ4v) is 2.05. The first-order chi connectivity index (χ1) is 9.41. The van der Waals surface area contributed by atoms with Crippen molar-refractivity contribution in [1.82, 2.24) is 0 Å². The Morgan fingerprint density at radius 3 is 2.25 bits per heavy atom. The first kappa shape index (κ1) is 14.1. The molecule has 4 heteroatoms. The number of hydrogen-bond donors (Lipinski definition) is 2. The van der Waals surface area contributed by atoms with Gasteiger partial charge in [-0.25, -0.2) is 0 Å². The highest BCUT2D eigenvalue weighted by Gasteiger charge is 2.28. The van der Waals surface area contributed by atoms with Crippen molar-refractivity contribution < 1.29 is 19.7 Å². The summed E-state index contributed by atoms with van der Waals surface area (Å²) in [6.07, 6.45) is 0. The third-order valence-electron chi connectivity index (χ3n) is 3.11. The van der Waals surface area contributed by atoms with E-state index in [1.165, 1.54) is 13.0 Å². The number of aromatic hydroxyl groups is 1. The Labute approximate surface area is 117 Å². The van der Waals surface area contributed by atoms with Crippen LogP contribution in [0.4, 0.5) is 0 Å². The standard InChI is InChI=1S/C16H16O4/c1-11(17)20-13-9-7-12(8-10-13)16(2,19)14-5-3-4-6-15(14)18/h3-10,18-19H,1-2H3. The van der Waals surface area contributed by atoms with Crippen molar-refractivity contribution in [3.63, 3.8) is 0 Å². The lowest BCUT2D eigenvalue weighted by molar-refractivity contribution is -0.131. The summed E-state index contributed by atoms with van der Waals surface area (Å²) in [5.74, 6) is 0.0427. The van der Waals surface area contributed by atoms with E-state index in [1.807, 2.05) is 0 Å². The lowest BCUT2D eigenvalue weighted by atomic mass is 9.87. The van der Waals surface area contributed by atoms with Gasteiger partial charge in [0.15, 0.2) is 0 Å². The van der Waals surface area contributed by atoms with E-state index < -0.39 is 11.6 Å². The van der Waals surface area contributed by atoms with Crippen molar-refractivity contribution in [2.45, 2.75) is 19.4 Å². The van der Waals surface area contributed by atoms with E-state index in [0.29, 0.717) is 16.9 Å². The van der Waals surface area contributed by atoms with Crippen LogP contribution in [-0.2, 0) is 10.4 Å². The van der Waals surface area contributed by atoms with Gasteiger partial charge in [-0.05, 0) is 30.7 Å². The van der Waals surface area contributed by atoms with Crippen LogP contribution in [0.2, 0.25) is 0 Å². The number of phenolic OH excluding ortho intramolecular Hbond substituents is 1. The maximum atomic E-state index is 10.9. The molecule has 20 heavy (non-hydrogen) atoms. The van der Waals surface area contributed by atoms with Crippen LogP contribution in [0, 0.1) is 0 Å². The predicted molar refractivity (Wildman–Crippen MR) is 74.5 cm³/mol. The van der Waals surface area contributed by atoms with Crippen LogP contribution in [0.1, 0.15) is 25.0 Å². The van der Waals surface area contributed by atoms with Crippen LogP contribution >= 0.6 is 0 Å². The third-order valence-corrected chi connectivity index (χ3v) is 3.11. The molecule has 0 amide bonds. The van der Waals surface area contributed by atoms with Gasteiger partial charge in [0.2, 0.25) is 0 Å². The van der Waals surface area contributed by atoms with Crippen LogP contribution in [0.15, 0.2) is 48.5 Å². The number of carbonyl (C=O) groups is 1. The lowest BCUT2D eigenvalue weighted by Crippen LogP contribution is -2.22. The van der Waals surface area contributed by atoms with Crippen molar-refractivity contribution in [2.75, 3.05) is 0 Å². The normalized spacial score (nSPS) is 13.6. The van der Waals surface area contributed by atoms with Crippen molar-refractivity contribution in [3.8, 4) is 11.5 Å². The monoisotopic (exact) mass is 272 g/mol. The highest BCUT2D eigenvalue weighted by Crippen LogP contribution is 2.35. The summed E-state index contributed by atoms with van der Waals surface area (Å²) in [6.45, 7) is 2.93. The molecule has 0 aliphatic heterocycles. The van der Waals surface area contributed by atoms with Gasteiger partial charge in [-0.3, -0.25) is 4.79 Å². The van der Waals surface area contributed by atoms with E-state index in [0.717, 1.165) is 0 Å². The van der Waals surface area contributed by atoms with Gasteiger partial charge < -0.3 is 14.9 Å². The maximum absolute atomic E-state index is 10.9. The number of aliphatic hydroxyl groups is 1. The molecule has 0 aromatic heterocycles. The van der Waals surface area contributed by atoms with Gasteiger partial charge in [0, 0.05) is 12.5 Å². The Morgan fingerprint density at radius 2 is 1.70 bits per heavy atom. The van der Waals surface area contributed by atoms with Gasteiger partial charge in [-0.1, -0.05) is 30.3 Å². The molecule has 0 fully saturated rings. The molecule has 0 radical (unpaired) electrons. The first-order valence-electron chi connectivity index (χ1n) is 6.21. The van der Waals surface area contributed by atoms with Gasteiger partial charge in [0.1, 0.15) is 17.1 Å². The number of phenols is 1. The Morgan fingerprint density at radius 1 is 1.10 bits per heavy atom. The summed E-state index contributed by atoms with van der Waals surface area (Å²) in [5.41, 5.74) is -0.324. The molecule has 2 aromatic carbocycles. The molecule has 2 aromatic rings. The Kier molecular flexibility index (Phi) is 3.77. The topological polar surface area (TPSA) is 66.8 Å². The highest BCUT2D eigenvalue weighted by molar-refractivity contribution is 5.69. The second-order valence-electron chi connectivity index (χ2n) is 4.71. The molecule has 2 N–H and O–H groups in total. The molecule has 1 atom stereocenters. The third kappa shape index (κ3) is 2.81. The van der Waals surface area contributed by atoms with E-state index in [9.17, 15) is 15.0 Å². The molecule has 2 rings (SSSR count). The summed E-state index contributed by atoms with van der Waals surface area (Å²) in [5, 5.41) is 20.5. The fraction of sp³-hybridized carbons (Fsp3) is 0.188. The molecule has 0 aliphatic carbocycles. The van der Waals surface area contributed by atoms with Crippen LogP contribution in [0.5, 0.6) is 11.5 Å². The van der Waals surface area contributed by atoms with Gasteiger partial charge in [0.05, 0.1) is 0 Å². The van der Waals surface area contributed by atoms with E-state index in [1.54, 1.807) is 49.4 Å². The second kappa shape index (κ2) is 5.35. The van der Waals surface area contributed by atoms with Gasteiger partial charge in [-0.2, -0.15) is 0 Å². The Balaban J connectivity index is 2.35. The largest absolute Gasteiger partial charge is 0.508 e. The minimum absolute atomic E-state index is 0.0292. The molecule has 0 bridgehead atoms. The average molecular weight is 272 g/mol. The van der Waals surface area contributed by atoms with E-state index in [2.05, 4.69) is 0 Å². The van der Waals surface area contributed by atoms with Crippen LogP contribution in [0.25, 0.3) is 0 Å². The van der Waals surface area contributed by atoms with Gasteiger partial charge in [-0.15, -0.1) is 0 Å². The molecular formula is C16H16O4. The van der Waals surface area contributed by atoms with Crippen LogP contribution < -0.4 is 4.74 Å². The maximum Gasteiger partial charge on any atom is 0.308 e. The SMILES string of the molecule is CC(=O)Oc1ccc(C(C)(O)c2ccccc2O)cc1. The molecule has 0 saturated heterocycles. The molecule has 0 saturated carbocycles. The van der Waals surface area contributed by atoms with Crippen molar-refractivity contribution >= 4 is 5.97 Å². The van der Waals surface area contributed by atoms with Crippen molar-refractivity contribution in [3.05, 3.63) is 59.7 Å². The number of carbonyl (C=O) groups excluding carboxylic acids is 1. The summed E-state index contributed by atoms with van der Waals surface area (Å²) in [4.78, 5) is 10.9. The fourth-order valence-electron chi connectivity index (χ4n) is 2.05. The van der Waals surface area contributed by atoms with E-state index >= 15 is 0 Å². The zero-order valence-electron chi connectivity index (χ0n) is 11.3. The predicted octanol–water partition coefficient (Wildman–Crippen LogP) is 2.57. The summed E-state index contributed by atoms with van der Waals surface area (Å²) in [7, 11) is 0. The highest BCUT2D eigenvalue weighted by atomic mass is 16.5. The van der Waals surface area contributed by atoms with E-state index in [-0.39, 0.29) is 5.75 Å². The second-order valence-corrected chi connectivity index (χ2v) is 4.71. The molecule has 0 spiro atoms. The molecule has 4 nitrogen and oxygen atoms in total. The molecule has 0 aliphatic rings. The minimum Gasteiger partial charge on any atom is -0.508 e. The lowest BCUT2D eigenvalue weighted by Gasteiger charge is -2.25. The molecule has 1 unspecified atom stereocenters. The van der Waals surface area contributed by atoms with Gasteiger partial charge >= 0.3 is 5.97 Å². The van der Waals surface area contributed by atoms with E-state index in [4.69, 9.17) is 4.74 Å². The molecule has 0 heterocycles.